The van der Waals surface area contributed by atoms with E-state index in [2.05, 4.69) is 15.3 Å². The van der Waals surface area contributed by atoms with E-state index in [1.807, 2.05) is 0 Å². The number of rotatable bonds is 2. The lowest BCUT2D eigenvalue weighted by Crippen LogP contribution is -2.28. The van der Waals surface area contributed by atoms with E-state index in [-0.39, 0.29) is 17.4 Å². The van der Waals surface area contributed by atoms with Crippen molar-refractivity contribution in [2.45, 2.75) is 18.8 Å². The van der Waals surface area contributed by atoms with Gasteiger partial charge in [0.1, 0.15) is 17.2 Å². The Morgan fingerprint density at radius 3 is 2.48 bits per heavy atom. The van der Waals surface area contributed by atoms with Gasteiger partial charge in [0.2, 0.25) is 5.88 Å². The molecular weight excluding hydrogens is 273 g/mol. The molecule has 1 aromatic heterocycles. The smallest absolute Gasteiger partial charge is 0.262 e. The Bertz CT molecular complexity index is 691. The van der Waals surface area contributed by atoms with Crippen LogP contribution in [-0.2, 0) is 0 Å². The number of hydrogen-bond acceptors (Lipinski definition) is 4. The van der Waals surface area contributed by atoms with Crippen molar-refractivity contribution in [1.29, 1.82) is 0 Å². The number of nitrogens with zero attached hydrogens (tertiary/aromatic N) is 1. The molecule has 21 heavy (non-hydrogen) atoms. The maximum atomic E-state index is 12.9. The Kier molecular flexibility index (Phi) is 3.70. The number of piperidine rings is 1. The number of hydrogen-bond donors (Lipinski definition) is 3. The summed E-state index contributed by atoms with van der Waals surface area (Å²) in [4.78, 5) is 19.1. The van der Waals surface area contributed by atoms with E-state index in [4.69, 9.17) is 0 Å². The molecule has 0 radical (unpaired) electrons. The Morgan fingerprint density at radius 1 is 1.19 bits per heavy atom. The molecule has 0 saturated carbocycles. The van der Waals surface area contributed by atoms with Crippen molar-refractivity contribution >= 4 is 0 Å². The third-order valence-corrected chi connectivity index (χ3v) is 3.78. The van der Waals surface area contributed by atoms with E-state index in [9.17, 15) is 14.3 Å². The van der Waals surface area contributed by atoms with Gasteiger partial charge in [-0.3, -0.25) is 4.79 Å². The molecule has 0 bridgehead atoms. The third-order valence-electron chi connectivity index (χ3n) is 3.78. The van der Waals surface area contributed by atoms with Gasteiger partial charge in [0.05, 0.1) is 0 Å². The fraction of sp³-hybridized carbons (Fsp3) is 0.333. The number of benzene rings is 1. The lowest BCUT2D eigenvalue weighted by molar-refractivity contribution is 0.420. The van der Waals surface area contributed by atoms with Crippen LogP contribution in [0.15, 0.2) is 29.1 Å². The van der Waals surface area contributed by atoms with Crippen molar-refractivity contribution in [3.05, 3.63) is 46.3 Å². The summed E-state index contributed by atoms with van der Waals surface area (Å²) in [6, 6.07) is 5.39. The third kappa shape index (κ3) is 2.80. The van der Waals surface area contributed by atoms with Crippen LogP contribution in [0.2, 0.25) is 0 Å². The van der Waals surface area contributed by atoms with Gasteiger partial charge >= 0.3 is 0 Å². The number of aromatic nitrogens is 2. The Hall–Kier alpha value is -2.21. The molecule has 0 amide bonds. The zero-order valence-corrected chi connectivity index (χ0v) is 11.4. The first-order valence-corrected chi connectivity index (χ1v) is 6.95. The van der Waals surface area contributed by atoms with E-state index in [1.54, 1.807) is 0 Å². The van der Waals surface area contributed by atoms with E-state index in [0.29, 0.717) is 11.4 Å². The van der Waals surface area contributed by atoms with Crippen LogP contribution < -0.4 is 10.9 Å². The number of nitrogens with one attached hydrogen (secondary N) is 2. The van der Waals surface area contributed by atoms with Gasteiger partial charge in [0, 0.05) is 5.92 Å². The molecule has 1 fully saturated rings. The highest BCUT2D eigenvalue weighted by molar-refractivity contribution is 5.67. The summed E-state index contributed by atoms with van der Waals surface area (Å²) >= 11 is 0. The van der Waals surface area contributed by atoms with Gasteiger partial charge in [-0.05, 0) is 43.6 Å². The summed E-state index contributed by atoms with van der Waals surface area (Å²) in [6.07, 6.45) is 1.75. The zero-order chi connectivity index (χ0) is 14.8. The van der Waals surface area contributed by atoms with Crippen LogP contribution in [-0.4, -0.2) is 28.2 Å². The largest absolute Gasteiger partial charge is 0.493 e. The number of H-pyrrole nitrogens is 1. The molecule has 0 atom stereocenters. The molecule has 1 aliphatic rings. The molecule has 6 heteroatoms. The molecule has 1 aromatic carbocycles. The molecule has 2 aromatic rings. The quantitative estimate of drug-likeness (QED) is 0.787. The lowest BCUT2D eigenvalue weighted by atomic mass is 9.97. The lowest BCUT2D eigenvalue weighted by Gasteiger charge is -2.21. The minimum Gasteiger partial charge on any atom is -0.493 e. The van der Waals surface area contributed by atoms with Gasteiger partial charge < -0.3 is 15.4 Å². The van der Waals surface area contributed by atoms with Crippen molar-refractivity contribution < 1.29 is 9.50 Å². The molecule has 2 heterocycles. The molecule has 5 nitrogen and oxygen atoms in total. The fourth-order valence-corrected chi connectivity index (χ4v) is 2.64. The monoisotopic (exact) mass is 289 g/mol. The summed E-state index contributed by atoms with van der Waals surface area (Å²) in [5, 5.41) is 13.3. The van der Waals surface area contributed by atoms with Crippen LogP contribution >= 0.6 is 0 Å². The summed E-state index contributed by atoms with van der Waals surface area (Å²) in [5.41, 5.74) is 0.120. The normalized spacial score (nSPS) is 16.0. The molecule has 0 aliphatic carbocycles. The van der Waals surface area contributed by atoms with Gasteiger partial charge in [0.25, 0.3) is 5.56 Å². The maximum Gasteiger partial charge on any atom is 0.262 e. The highest BCUT2D eigenvalue weighted by atomic mass is 19.1. The minimum atomic E-state index is -0.400. The molecular formula is C15H16FN3O2. The van der Waals surface area contributed by atoms with Crippen LogP contribution in [0.5, 0.6) is 5.88 Å². The van der Waals surface area contributed by atoms with E-state index >= 15 is 0 Å². The van der Waals surface area contributed by atoms with Crippen LogP contribution in [0.25, 0.3) is 11.1 Å². The first-order chi connectivity index (χ1) is 10.1. The van der Waals surface area contributed by atoms with E-state index in [1.165, 1.54) is 24.3 Å². The second-order valence-electron chi connectivity index (χ2n) is 5.18. The zero-order valence-electron chi connectivity index (χ0n) is 11.4. The first kappa shape index (κ1) is 13.8. The number of aromatic amines is 1. The van der Waals surface area contributed by atoms with E-state index < -0.39 is 11.4 Å². The highest BCUT2D eigenvalue weighted by Gasteiger charge is 2.20. The second kappa shape index (κ2) is 5.65. The van der Waals surface area contributed by atoms with Crippen molar-refractivity contribution in [2.75, 3.05) is 13.1 Å². The van der Waals surface area contributed by atoms with Crippen molar-refractivity contribution in [2.24, 2.45) is 0 Å². The Labute approximate surface area is 120 Å². The average Bonchev–Trinajstić information content (AvgIpc) is 2.49. The maximum absolute atomic E-state index is 12.9. The molecule has 0 unspecified atom stereocenters. The van der Waals surface area contributed by atoms with Gasteiger partial charge in [-0.25, -0.2) is 4.39 Å². The van der Waals surface area contributed by atoms with Crippen molar-refractivity contribution in [1.82, 2.24) is 15.3 Å². The Balaban J connectivity index is 2.00. The summed E-state index contributed by atoms with van der Waals surface area (Å²) in [7, 11) is 0. The molecule has 1 aliphatic heterocycles. The predicted octanol–water partition coefficient (Wildman–Crippen LogP) is 1.75. The molecule has 3 N–H and O–H groups in total. The van der Waals surface area contributed by atoms with Gasteiger partial charge in [-0.2, -0.15) is 4.98 Å². The van der Waals surface area contributed by atoms with Crippen LogP contribution in [0, 0.1) is 5.82 Å². The first-order valence-electron chi connectivity index (χ1n) is 6.95. The van der Waals surface area contributed by atoms with Gasteiger partial charge in [-0.1, -0.05) is 12.1 Å². The molecule has 1 saturated heterocycles. The molecule has 0 spiro atoms. The average molecular weight is 289 g/mol. The van der Waals surface area contributed by atoms with Crippen molar-refractivity contribution in [3.63, 3.8) is 0 Å². The van der Waals surface area contributed by atoms with Crippen LogP contribution in [0.4, 0.5) is 4.39 Å². The Morgan fingerprint density at radius 2 is 1.86 bits per heavy atom. The molecule has 3 rings (SSSR count). The number of aromatic hydroxyl groups is 1. The van der Waals surface area contributed by atoms with E-state index in [0.717, 1.165) is 25.9 Å². The van der Waals surface area contributed by atoms with Gasteiger partial charge in [-0.15, -0.1) is 0 Å². The summed E-state index contributed by atoms with van der Waals surface area (Å²) in [6.45, 7) is 1.74. The molecule has 110 valence electrons. The van der Waals surface area contributed by atoms with Crippen LogP contribution in [0.3, 0.4) is 0 Å². The second-order valence-corrected chi connectivity index (χ2v) is 5.18. The number of halogens is 1. The predicted molar refractivity (Wildman–Crippen MR) is 76.8 cm³/mol. The standard InChI is InChI=1S/C15H16FN3O2/c16-11-3-1-9(2-4-11)12-14(20)18-13(19-15(12)21)10-5-7-17-8-6-10/h1-4,10,17H,5-8H2,(H2,18,19,20,21). The van der Waals surface area contributed by atoms with Crippen LogP contribution in [0.1, 0.15) is 24.6 Å². The summed E-state index contributed by atoms with van der Waals surface area (Å²) < 4.78 is 12.9. The summed E-state index contributed by atoms with van der Waals surface area (Å²) in [5.74, 6) is -0.0372. The van der Waals surface area contributed by atoms with Crippen molar-refractivity contribution in [3.8, 4) is 17.0 Å². The topological polar surface area (TPSA) is 78.0 Å². The fourth-order valence-electron chi connectivity index (χ4n) is 2.64. The highest BCUT2D eigenvalue weighted by Crippen LogP contribution is 2.27. The minimum absolute atomic E-state index is 0.0766. The SMILES string of the molecule is O=c1[nH]c(C2CCNCC2)nc(O)c1-c1ccc(F)cc1. The van der Waals surface area contributed by atoms with Gasteiger partial charge in [0.15, 0.2) is 0 Å².